The van der Waals surface area contributed by atoms with Crippen LogP contribution in [-0.2, 0) is 32.7 Å². The van der Waals surface area contributed by atoms with Crippen LogP contribution in [-0.4, -0.2) is 74.9 Å². The third kappa shape index (κ3) is 88.8. The van der Waals surface area contributed by atoms with Crippen LogP contribution in [0.3, 0.4) is 0 Å². The van der Waals surface area contributed by atoms with E-state index in [-0.39, 0.29) is 32.0 Å². The van der Waals surface area contributed by atoms with E-state index in [1.807, 2.05) is 21.1 Å². The Morgan fingerprint density at radius 1 is 0.292 bits per heavy atom. The number of carbonyl (C=O) groups excluding carboxylic acids is 2. The van der Waals surface area contributed by atoms with E-state index in [4.69, 9.17) is 18.5 Å². The van der Waals surface area contributed by atoms with Crippen LogP contribution < -0.4 is 0 Å². The van der Waals surface area contributed by atoms with Crippen LogP contribution in [0.5, 0.6) is 0 Å². The van der Waals surface area contributed by atoms with Gasteiger partial charge >= 0.3 is 19.8 Å². The first-order valence-corrected chi connectivity index (χ1v) is 46.1. The van der Waals surface area contributed by atoms with E-state index in [1.165, 1.54) is 257 Å². The van der Waals surface area contributed by atoms with Gasteiger partial charge in [0, 0.05) is 12.8 Å². The summed E-state index contributed by atoms with van der Waals surface area (Å²) >= 11 is 0. The summed E-state index contributed by atoms with van der Waals surface area (Å²) in [6, 6.07) is 0. The second-order valence-electron chi connectivity index (χ2n) is 30.9. The van der Waals surface area contributed by atoms with E-state index in [1.54, 1.807) is 0 Å². The number of nitrogens with zero attached hydrogens (tertiary/aromatic N) is 1. The van der Waals surface area contributed by atoms with Crippen molar-refractivity contribution in [2.45, 2.75) is 405 Å². The largest absolute Gasteiger partial charge is 0.472 e. The highest BCUT2D eigenvalue weighted by atomic mass is 31.2. The highest BCUT2D eigenvalue weighted by molar-refractivity contribution is 7.47. The monoisotopic (exact) mass is 1500 g/mol. The van der Waals surface area contributed by atoms with Crippen LogP contribution >= 0.6 is 7.82 Å². The molecule has 2 atom stereocenters. The average molecular weight is 1500 g/mol. The Bertz CT molecular complexity index is 2310. The van der Waals surface area contributed by atoms with E-state index < -0.39 is 26.5 Å². The molecule has 0 fully saturated rings. The molecule has 2 unspecified atom stereocenters. The second kappa shape index (κ2) is 84.9. The Morgan fingerprint density at radius 3 is 0.755 bits per heavy atom. The van der Waals surface area contributed by atoms with Gasteiger partial charge in [0.15, 0.2) is 6.10 Å². The molecule has 0 aromatic rings. The van der Waals surface area contributed by atoms with Crippen LogP contribution in [0.25, 0.3) is 0 Å². The molecule has 0 spiro atoms. The van der Waals surface area contributed by atoms with Gasteiger partial charge in [-0.2, -0.15) is 0 Å². The number of hydrogen-bond acceptors (Lipinski definition) is 7. The van der Waals surface area contributed by atoms with Gasteiger partial charge in [-0.25, -0.2) is 4.57 Å². The zero-order valence-corrected chi connectivity index (χ0v) is 70.8. The number of phosphoric ester groups is 1. The molecule has 0 aromatic heterocycles. The second-order valence-corrected chi connectivity index (χ2v) is 32.3. The van der Waals surface area contributed by atoms with Crippen LogP contribution in [0.2, 0.25) is 0 Å². The van der Waals surface area contributed by atoms with Crippen molar-refractivity contribution in [2.24, 2.45) is 0 Å². The molecule has 0 aliphatic rings. The molecule has 0 aromatic carbocycles. The number of unbranched alkanes of at least 4 members (excludes halogenated alkanes) is 44. The lowest BCUT2D eigenvalue weighted by Gasteiger charge is -2.24. The standard InChI is InChI=1S/C96H168NO8P/c1-6-8-10-12-14-16-18-20-22-24-26-28-30-32-34-36-38-40-42-44-46-48-50-52-54-56-58-60-62-64-66-68-70-72-74-76-78-80-82-84-86-88-95(98)102-92-94(93-104-106(100,101)103-91-90-97(3,4)5)105-96(99)89-87-85-83-81-79-77-75-73-71-69-67-65-63-61-59-57-55-53-51-49-47-45-43-41-39-37-35-33-31-29-27-25-23-21-19-17-15-13-11-9-7-2/h8-11,14-17,20-23,26-29,32-35,38-41,94H,6-7,12-13,18-19,24-25,30-31,36-37,42-93H2,1-5H3/p+1/b10-8-,11-9-,16-14-,17-15-,22-20-,23-21-,28-26-,29-27-,34-32-,35-33-,40-38-,41-39-. The number of hydrogen-bond donors (Lipinski definition) is 1. The van der Waals surface area contributed by atoms with Gasteiger partial charge in [0.2, 0.25) is 0 Å². The molecule has 0 aliphatic heterocycles. The molecule has 0 radical (unpaired) electrons. The zero-order chi connectivity index (χ0) is 76.8. The Labute approximate surface area is 656 Å². The molecule has 0 saturated heterocycles. The van der Waals surface area contributed by atoms with Gasteiger partial charge in [0.05, 0.1) is 27.7 Å². The number of allylic oxidation sites excluding steroid dienone is 24. The molecule has 1 N–H and O–H groups in total. The van der Waals surface area contributed by atoms with E-state index in [0.29, 0.717) is 17.4 Å². The first-order chi connectivity index (χ1) is 52.0. The maximum absolute atomic E-state index is 13.0. The molecule has 0 heterocycles. The summed E-state index contributed by atoms with van der Waals surface area (Å²) in [4.78, 5) is 36.1. The van der Waals surface area contributed by atoms with Crippen LogP contribution in [0.15, 0.2) is 146 Å². The molecule has 0 rings (SSSR count). The summed E-state index contributed by atoms with van der Waals surface area (Å²) in [7, 11) is 1.49. The fourth-order valence-corrected chi connectivity index (χ4v) is 13.4. The predicted molar refractivity (Wildman–Crippen MR) is 464 cm³/mol. The minimum Gasteiger partial charge on any atom is -0.462 e. The zero-order valence-electron chi connectivity index (χ0n) is 69.9. The first kappa shape index (κ1) is 102. The van der Waals surface area contributed by atoms with Gasteiger partial charge in [-0.3, -0.25) is 18.6 Å². The van der Waals surface area contributed by atoms with Crippen molar-refractivity contribution in [3.05, 3.63) is 146 Å². The van der Waals surface area contributed by atoms with Crippen LogP contribution in [0.1, 0.15) is 399 Å². The Kier molecular flexibility index (Phi) is 81.6. The van der Waals surface area contributed by atoms with Crippen molar-refractivity contribution in [1.82, 2.24) is 0 Å². The lowest BCUT2D eigenvalue weighted by molar-refractivity contribution is -0.870. The highest BCUT2D eigenvalue weighted by Crippen LogP contribution is 2.43. The highest BCUT2D eigenvalue weighted by Gasteiger charge is 2.27. The van der Waals surface area contributed by atoms with Crippen molar-refractivity contribution < 1.29 is 42.1 Å². The summed E-state index contributed by atoms with van der Waals surface area (Å²) in [6.45, 7) is 4.25. The number of esters is 2. The third-order valence-corrected chi connectivity index (χ3v) is 20.3. The molecular weight excluding hydrogens is 1330 g/mol. The van der Waals surface area contributed by atoms with Gasteiger partial charge in [-0.05, 0) is 116 Å². The number of carbonyl (C=O) groups is 2. The fourth-order valence-electron chi connectivity index (χ4n) is 12.7. The fraction of sp³-hybridized carbons (Fsp3) is 0.729. The molecule has 0 aliphatic carbocycles. The molecule has 106 heavy (non-hydrogen) atoms. The number of phosphoric acid groups is 1. The maximum Gasteiger partial charge on any atom is 0.472 e. The lowest BCUT2D eigenvalue weighted by Crippen LogP contribution is -2.37. The summed E-state index contributed by atoms with van der Waals surface area (Å²) < 4.78 is 34.9. The average Bonchev–Trinajstić information content (AvgIpc) is 0.951. The van der Waals surface area contributed by atoms with E-state index in [0.717, 1.165) is 109 Å². The van der Waals surface area contributed by atoms with Gasteiger partial charge in [-0.1, -0.05) is 417 Å². The number of ether oxygens (including phenoxy) is 2. The molecule has 10 heteroatoms. The van der Waals surface area contributed by atoms with Gasteiger partial charge in [0.1, 0.15) is 19.8 Å². The van der Waals surface area contributed by atoms with Crippen molar-refractivity contribution in [3.8, 4) is 0 Å². The Morgan fingerprint density at radius 2 is 0.509 bits per heavy atom. The number of rotatable bonds is 82. The van der Waals surface area contributed by atoms with E-state index in [9.17, 15) is 19.0 Å². The Hall–Kier alpha value is -4.11. The topological polar surface area (TPSA) is 108 Å². The molecule has 0 saturated carbocycles. The smallest absolute Gasteiger partial charge is 0.462 e. The van der Waals surface area contributed by atoms with Crippen LogP contribution in [0.4, 0.5) is 0 Å². The Balaban J connectivity index is 3.89. The van der Waals surface area contributed by atoms with Gasteiger partial charge in [0.25, 0.3) is 0 Å². The normalized spacial score (nSPS) is 13.7. The summed E-state index contributed by atoms with van der Waals surface area (Å²) in [5, 5.41) is 0. The van der Waals surface area contributed by atoms with Crippen molar-refractivity contribution in [1.29, 1.82) is 0 Å². The van der Waals surface area contributed by atoms with Crippen LogP contribution in [0, 0.1) is 0 Å². The lowest BCUT2D eigenvalue weighted by atomic mass is 10.0. The van der Waals surface area contributed by atoms with Gasteiger partial charge in [-0.15, -0.1) is 0 Å². The summed E-state index contributed by atoms with van der Waals surface area (Å²) in [5.41, 5.74) is 0. The quantitative estimate of drug-likeness (QED) is 0.0211. The maximum atomic E-state index is 13.0. The van der Waals surface area contributed by atoms with Crippen molar-refractivity contribution in [2.75, 3.05) is 47.5 Å². The first-order valence-electron chi connectivity index (χ1n) is 44.6. The van der Waals surface area contributed by atoms with Crippen molar-refractivity contribution >= 4 is 19.8 Å². The van der Waals surface area contributed by atoms with Crippen molar-refractivity contribution in [3.63, 3.8) is 0 Å². The number of likely N-dealkylation sites (N-methyl/N-ethyl adjacent to an activating group) is 1. The number of quaternary nitrogens is 1. The van der Waals surface area contributed by atoms with E-state index in [2.05, 4.69) is 160 Å². The molecule has 9 nitrogen and oxygen atoms in total. The predicted octanol–water partition coefficient (Wildman–Crippen LogP) is 30.4. The minimum atomic E-state index is -4.40. The molecular formula is C96H169NO8P+. The minimum absolute atomic E-state index is 0.0307. The summed E-state index contributed by atoms with van der Waals surface area (Å²) in [6.07, 6.45) is 126. The van der Waals surface area contributed by atoms with Gasteiger partial charge < -0.3 is 18.9 Å². The van der Waals surface area contributed by atoms with E-state index >= 15 is 0 Å². The molecule has 0 bridgehead atoms. The third-order valence-electron chi connectivity index (χ3n) is 19.4. The molecule has 0 amide bonds. The molecule has 610 valence electrons. The SMILES string of the molecule is CC/C=C\C/C=C\C/C=C\C/C=C\C/C=C\C/C=C\CCCCCCCCCCCCCCCCCCCCCCCCC(=O)OCC(COP(=O)(O)OCC[N+](C)(C)C)OC(=O)CCCCCCCCCCCCCCCCCCCCCCCC/C=C\C/C=C\C/C=C\C/C=C\C/C=C\C/C=C\CC. The summed E-state index contributed by atoms with van der Waals surface area (Å²) in [5.74, 6) is -0.780.